The predicted octanol–water partition coefficient (Wildman–Crippen LogP) is 0.796. The first-order valence-corrected chi connectivity index (χ1v) is 11.3. The molecule has 3 amide bonds. The Kier molecular flexibility index (Phi) is 5.11. The maximum absolute atomic E-state index is 13.3. The number of benzene rings is 1. The highest BCUT2D eigenvalue weighted by Gasteiger charge is 2.58. The fraction of sp³-hybridized carbons (Fsp3) is 0.524. The average Bonchev–Trinajstić information content (AvgIpc) is 3.55. The third-order valence-corrected chi connectivity index (χ3v) is 7.63. The number of halogens is 2. The van der Waals surface area contributed by atoms with Crippen molar-refractivity contribution in [3.8, 4) is 0 Å². The molecule has 170 valence electrons. The summed E-state index contributed by atoms with van der Waals surface area (Å²) in [6.45, 7) is -0.389. The average molecular weight is 480 g/mol. The lowest BCUT2D eigenvalue weighted by Crippen LogP contribution is -2.52. The Morgan fingerprint density at radius 3 is 2.66 bits per heavy atom. The first kappa shape index (κ1) is 21.5. The molecule has 1 aromatic heterocycles. The van der Waals surface area contributed by atoms with Crippen molar-refractivity contribution in [1.82, 2.24) is 20.0 Å². The minimum atomic E-state index is -0.937. The number of aromatic nitrogens is 2. The van der Waals surface area contributed by atoms with Crippen LogP contribution in [0, 0.1) is 11.8 Å². The topological polar surface area (TPSA) is 131 Å². The van der Waals surface area contributed by atoms with E-state index in [1.807, 2.05) is 0 Å². The Morgan fingerprint density at radius 2 is 2.00 bits per heavy atom. The van der Waals surface area contributed by atoms with Crippen molar-refractivity contribution in [2.24, 2.45) is 17.6 Å². The number of fused-ring (bicyclic) bond motifs is 2. The maximum Gasteiger partial charge on any atom is 0.269 e. The van der Waals surface area contributed by atoms with Crippen LogP contribution < -0.4 is 11.1 Å². The van der Waals surface area contributed by atoms with Crippen LogP contribution in [0.3, 0.4) is 0 Å². The van der Waals surface area contributed by atoms with E-state index in [2.05, 4.69) is 10.4 Å². The third-order valence-electron chi connectivity index (χ3n) is 6.76. The Labute approximate surface area is 193 Å². The van der Waals surface area contributed by atoms with E-state index < -0.39 is 22.3 Å². The number of nitrogens with two attached hydrogens (primary N) is 1. The summed E-state index contributed by atoms with van der Waals surface area (Å²) in [5.41, 5.74) is 6.17. The number of likely N-dealkylation sites (tertiary alicyclic amines) is 1. The number of nitrogens with one attached hydrogen (secondary N) is 1. The number of aliphatic hydroxyl groups is 1. The lowest BCUT2D eigenvalue weighted by atomic mass is 10.1. The van der Waals surface area contributed by atoms with Crippen molar-refractivity contribution >= 4 is 51.8 Å². The minimum Gasteiger partial charge on any atom is -0.394 e. The van der Waals surface area contributed by atoms with Gasteiger partial charge in [-0.25, -0.2) is 0 Å². The number of nitrogens with zero attached hydrogens (tertiary/aromatic N) is 3. The molecule has 11 heteroatoms. The molecule has 1 saturated heterocycles. The molecule has 2 aliphatic carbocycles. The van der Waals surface area contributed by atoms with Crippen molar-refractivity contribution in [3.05, 3.63) is 30.0 Å². The Hall–Kier alpha value is -2.36. The van der Waals surface area contributed by atoms with Gasteiger partial charge in [-0.15, -0.1) is 23.2 Å². The molecule has 9 nitrogen and oxygen atoms in total. The van der Waals surface area contributed by atoms with E-state index in [0.29, 0.717) is 29.7 Å². The number of primary amides is 1. The summed E-state index contributed by atoms with van der Waals surface area (Å²) >= 11 is 12.2. The lowest BCUT2D eigenvalue weighted by Gasteiger charge is -2.28. The number of para-hydroxylation sites is 1. The van der Waals surface area contributed by atoms with Crippen LogP contribution >= 0.6 is 23.2 Å². The highest BCUT2D eigenvalue weighted by Crippen LogP contribution is 2.55. The fourth-order valence-electron chi connectivity index (χ4n) is 4.91. The van der Waals surface area contributed by atoms with Gasteiger partial charge in [0.05, 0.1) is 18.2 Å². The Balaban J connectivity index is 1.34. The summed E-state index contributed by atoms with van der Waals surface area (Å²) in [5.74, 6) is -1.17. The van der Waals surface area contributed by atoms with Gasteiger partial charge in [0.25, 0.3) is 5.91 Å². The van der Waals surface area contributed by atoms with Gasteiger partial charge in [0.15, 0.2) is 5.69 Å². The molecule has 1 aliphatic heterocycles. The number of carbonyl (C=O) groups excluding carboxylic acids is 3. The zero-order valence-corrected chi connectivity index (χ0v) is 18.6. The van der Waals surface area contributed by atoms with Gasteiger partial charge in [0, 0.05) is 17.3 Å². The van der Waals surface area contributed by atoms with Crippen LogP contribution in [0.1, 0.15) is 29.8 Å². The Bertz CT molecular complexity index is 1120. The maximum atomic E-state index is 13.3. The molecule has 1 aromatic carbocycles. The molecule has 2 heterocycles. The molecule has 4 N–H and O–H groups in total. The first-order valence-electron chi connectivity index (χ1n) is 10.6. The number of hydrogen-bond donors (Lipinski definition) is 3. The quantitative estimate of drug-likeness (QED) is 0.505. The van der Waals surface area contributed by atoms with Crippen molar-refractivity contribution in [2.75, 3.05) is 6.61 Å². The third kappa shape index (κ3) is 3.62. The van der Waals surface area contributed by atoms with E-state index in [-0.39, 0.29) is 42.6 Å². The largest absolute Gasteiger partial charge is 0.394 e. The summed E-state index contributed by atoms with van der Waals surface area (Å²) in [6, 6.07) is 5.89. The summed E-state index contributed by atoms with van der Waals surface area (Å²) in [6.07, 6.45) is 1.93. The molecule has 0 spiro atoms. The fourth-order valence-corrected chi connectivity index (χ4v) is 5.55. The molecule has 32 heavy (non-hydrogen) atoms. The SMILES string of the molecule is NC(=O)c1nn(CC(=O)N2[C@@H]3C[C@@H]3C[C@H]2C(=O)NC(CO)C2CC2(Cl)Cl)c2ccccc12. The van der Waals surface area contributed by atoms with Crippen LogP contribution in [-0.2, 0) is 16.1 Å². The molecule has 0 radical (unpaired) electrons. The highest BCUT2D eigenvalue weighted by atomic mass is 35.5. The van der Waals surface area contributed by atoms with Crippen molar-refractivity contribution in [1.29, 1.82) is 0 Å². The predicted molar refractivity (Wildman–Crippen MR) is 117 cm³/mol. The van der Waals surface area contributed by atoms with E-state index in [0.717, 1.165) is 6.42 Å². The molecule has 3 fully saturated rings. The van der Waals surface area contributed by atoms with Gasteiger partial charge in [-0.3, -0.25) is 19.1 Å². The van der Waals surface area contributed by atoms with E-state index >= 15 is 0 Å². The molecule has 2 aromatic rings. The molecule has 5 rings (SSSR count). The van der Waals surface area contributed by atoms with Crippen LogP contribution in [0.2, 0.25) is 0 Å². The first-order chi connectivity index (χ1) is 15.2. The van der Waals surface area contributed by atoms with Gasteiger partial charge in [-0.05, 0) is 31.2 Å². The van der Waals surface area contributed by atoms with Gasteiger partial charge in [-0.2, -0.15) is 5.10 Å². The zero-order valence-electron chi connectivity index (χ0n) is 17.1. The second-order valence-electron chi connectivity index (χ2n) is 8.87. The van der Waals surface area contributed by atoms with Crippen molar-refractivity contribution in [3.63, 3.8) is 0 Å². The molecule has 5 atom stereocenters. The van der Waals surface area contributed by atoms with E-state index in [9.17, 15) is 19.5 Å². The number of piperidine rings is 1. The van der Waals surface area contributed by atoms with Crippen LogP contribution in [-0.4, -0.2) is 66.6 Å². The Morgan fingerprint density at radius 1 is 1.28 bits per heavy atom. The number of alkyl halides is 2. The van der Waals surface area contributed by atoms with Crippen LogP contribution in [0.4, 0.5) is 0 Å². The molecular formula is C21H23Cl2N5O4. The summed E-state index contributed by atoms with van der Waals surface area (Å²) < 4.78 is 0.520. The smallest absolute Gasteiger partial charge is 0.269 e. The summed E-state index contributed by atoms with van der Waals surface area (Å²) in [5, 5.41) is 17.3. The standard InChI is InChI=1S/C21H23Cl2N5O4/c22-21(23)7-12(21)13(9-29)25-20(32)16-6-10-5-15(10)28(16)17(30)8-27-14-4-2-1-3-11(14)18(26-27)19(24)31/h1-4,10,12-13,15-16,29H,5-9H2,(H2,24,31)(H,25,32)/t10-,12?,13?,15-,16+/m1/s1. The van der Waals surface area contributed by atoms with E-state index in [4.69, 9.17) is 28.9 Å². The van der Waals surface area contributed by atoms with Gasteiger partial charge >= 0.3 is 0 Å². The van der Waals surface area contributed by atoms with Gasteiger partial charge < -0.3 is 21.1 Å². The van der Waals surface area contributed by atoms with Crippen LogP contribution in [0.25, 0.3) is 10.9 Å². The van der Waals surface area contributed by atoms with Gasteiger partial charge in [0.2, 0.25) is 11.8 Å². The highest BCUT2D eigenvalue weighted by molar-refractivity contribution is 6.51. The second kappa shape index (κ2) is 7.60. The van der Waals surface area contributed by atoms with E-state index in [1.54, 1.807) is 29.2 Å². The summed E-state index contributed by atoms with van der Waals surface area (Å²) in [4.78, 5) is 39.7. The number of carbonyl (C=O) groups is 3. The molecule has 0 bridgehead atoms. The number of aliphatic hydroxyl groups excluding tert-OH is 1. The molecular weight excluding hydrogens is 457 g/mol. The number of hydrogen-bond acceptors (Lipinski definition) is 5. The molecule has 2 unspecified atom stereocenters. The number of amides is 3. The summed E-state index contributed by atoms with van der Waals surface area (Å²) in [7, 11) is 0. The van der Waals surface area contributed by atoms with E-state index in [1.165, 1.54) is 4.68 Å². The van der Waals surface area contributed by atoms with Gasteiger partial charge in [-0.1, -0.05) is 18.2 Å². The lowest BCUT2D eigenvalue weighted by molar-refractivity contribution is -0.140. The van der Waals surface area contributed by atoms with Gasteiger partial charge in [0.1, 0.15) is 16.9 Å². The normalized spacial score (nSPS) is 28.3. The number of rotatable bonds is 7. The minimum absolute atomic E-state index is 0.0179. The molecule has 2 saturated carbocycles. The van der Waals surface area contributed by atoms with Crippen molar-refractivity contribution < 1.29 is 19.5 Å². The molecule has 3 aliphatic rings. The van der Waals surface area contributed by atoms with Crippen molar-refractivity contribution in [2.45, 2.75) is 48.3 Å². The second-order valence-corrected chi connectivity index (χ2v) is 10.4. The monoisotopic (exact) mass is 479 g/mol. The van der Waals surface area contributed by atoms with Crippen LogP contribution in [0.5, 0.6) is 0 Å². The zero-order chi connectivity index (χ0) is 22.8. The van der Waals surface area contributed by atoms with Crippen LogP contribution in [0.15, 0.2) is 24.3 Å².